The fraction of sp³-hybridized carbons (Fsp3) is 0.875. The zero-order valence-corrected chi connectivity index (χ0v) is 13.3. The molecular formula is C16H32N2O2. The summed E-state index contributed by atoms with van der Waals surface area (Å²) in [5.41, 5.74) is 0. The largest absolute Gasteiger partial charge is 0.348 e. The first-order chi connectivity index (χ1) is 9.72. The molecule has 0 aliphatic heterocycles. The third-order valence-electron chi connectivity index (χ3n) is 3.36. The van der Waals surface area contributed by atoms with Gasteiger partial charge >= 0.3 is 11.8 Å². The Balaban J connectivity index is 3.20. The Bertz CT molecular complexity index is 255. The van der Waals surface area contributed by atoms with Gasteiger partial charge in [0.15, 0.2) is 0 Å². The second kappa shape index (κ2) is 14.4. The van der Waals surface area contributed by atoms with Gasteiger partial charge in [0.05, 0.1) is 0 Å². The first-order valence-electron chi connectivity index (χ1n) is 8.28. The van der Waals surface area contributed by atoms with Crippen LogP contribution >= 0.6 is 0 Å². The van der Waals surface area contributed by atoms with Gasteiger partial charge in [0.1, 0.15) is 0 Å². The molecular weight excluding hydrogens is 252 g/mol. The van der Waals surface area contributed by atoms with Crippen LogP contribution in [-0.2, 0) is 9.59 Å². The molecule has 0 aromatic carbocycles. The number of rotatable bonds is 12. The van der Waals surface area contributed by atoms with E-state index in [1.165, 1.54) is 51.4 Å². The van der Waals surface area contributed by atoms with Crippen LogP contribution in [0.15, 0.2) is 0 Å². The number of likely N-dealkylation sites (N-methyl/N-ethyl adjacent to an activating group) is 1. The summed E-state index contributed by atoms with van der Waals surface area (Å²) in [5.74, 6) is -1.04. The molecule has 4 nitrogen and oxygen atoms in total. The second-order valence-corrected chi connectivity index (χ2v) is 5.30. The maximum absolute atomic E-state index is 11.3. The van der Waals surface area contributed by atoms with Gasteiger partial charge in [-0.2, -0.15) is 0 Å². The molecule has 0 aliphatic carbocycles. The highest BCUT2D eigenvalue weighted by atomic mass is 16.2. The summed E-state index contributed by atoms with van der Waals surface area (Å²) in [4.78, 5) is 22.4. The van der Waals surface area contributed by atoms with Crippen LogP contribution in [0.25, 0.3) is 0 Å². The zero-order chi connectivity index (χ0) is 15.1. The lowest BCUT2D eigenvalue weighted by Crippen LogP contribution is -2.40. The first-order valence-corrected chi connectivity index (χ1v) is 8.28. The average molecular weight is 284 g/mol. The lowest BCUT2D eigenvalue weighted by molar-refractivity contribution is -0.139. The van der Waals surface area contributed by atoms with Gasteiger partial charge in [0.25, 0.3) is 0 Å². The van der Waals surface area contributed by atoms with Crippen molar-refractivity contribution in [3.8, 4) is 0 Å². The van der Waals surface area contributed by atoms with Crippen molar-refractivity contribution < 1.29 is 9.59 Å². The van der Waals surface area contributed by atoms with E-state index >= 15 is 0 Å². The number of hydrogen-bond acceptors (Lipinski definition) is 2. The molecule has 4 heteroatoms. The molecule has 0 fully saturated rings. The van der Waals surface area contributed by atoms with Crippen molar-refractivity contribution in [2.24, 2.45) is 0 Å². The van der Waals surface area contributed by atoms with E-state index in [1.807, 2.05) is 0 Å². The van der Waals surface area contributed by atoms with Crippen molar-refractivity contribution >= 4 is 11.8 Å². The number of hydrogen-bond donors (Lipinski definition) is 2. The van der Waals surface area contributed by atoms with Crippen LogP contribution < -0.4 is 10.6 Å². The molecule has 0 rings (SSSR count). The maximum Gasteiger partial charge on any atom is 0.309 e. The van der Waals surface area contributed by atoms with Gasteiger partial charge in [-0.3, -0.25) is 9.59 Å². The topological polar surface area (TPSA) is 58.2 Å². The second-order valence-electron chi connectivity index (χ2n) is 5.30. The van der Waals surface area contributed by atoms with E-state index in [2.05, 4.69) is 17.6 Å². The minimum atomic E-state index is -0.528. The lowest BCUT2D eigenvalue weighted by atomic mass is 10.1. The Morgan fingerprint density at radius 3 is 1.60 bits per heavy atom. The summed E-state index contributed by atoms with van der Waals surface area (Å²) in [6, 6.07) is 0. The van der Waals surface area contributed by atoms with Gasteiger partial charge in [-0.25, -0.2) is 0 Å². The van der Waals surface area contributed by atoms with Crippen LogP contribution in [0.3, 0.4) is 0 Å². The molecule has 2 amide bonds. The summed E-state index contributed by atoms with van der Waals surface area (Å²) in [6.45, 7) is 5.13. The highest BCUT2D eigenvalue weighted by molar-refractivity contribution is 6.35. The van der Waals surface area contributed by atoms with Crippen LogP contribution in [0.2, 0.25) is 0 Å². The highest BCUT2D eigenvalue weighted by Crippen LogP contribution is 2.10. The number of nitrogens with one attached hydrogen (secondary N) is 2. The molecule has 0 saturated heterocycles. The van der Waals surface area contributed by atoms with E-state index in [9.17, 15) is 9.59 Å². The molecule has 0 heterocycles. The average Bonchev–Trinajstić information content (AvgIpc) is 2.44. The molecule has 2 N–H and O–H groups in total. The van der Waals surface area contributed by atoms with Crippen molar-refractivity contribution in [3.05, 3.63) is 0 Å². The van der Waals surface area contributed by atoms with E-state index in [4.69, 9.17) is 0 Å². The van der Waals surface area contributed by atoms with Crippen molar-refractivity contribution in [1.82, 2.24) is 10.6 Å². The van der Waals surface area contributed by atoms with Crippen LogP contribution in [0.4, 0.5) is 0 Å². The highest BCUT2D eigenvalue weighted by Gasteiger charge is 2.10. The van der Waals surface area contributed by atoms with E-state index in [-0.39, 0.29) is 0 Å². The monoisotopic (exact) mass is 284 g/mol. The molecule has 0 unspecified atom stereocenters. The van der Waals surface area contributed by atoms with Gasteiger partial charge < -0.3 is 10.6 Å². The predicted molar refractivity (Wildman–Crippen MR) is 83.5 cm³/mol. The minimum Gasteiger partial charge on any atom is -0.348 e. The lowest BCUT2D eigenvalue weighted by Gasteiger charge is -2.05. The standard InChI is InChI=1S/C16H32N2O2/c1-3-5-6-7-8-9-10-11-12-13-14-18-16(20)15(19)17-4-2/h3-14H2,1-2H3,(H,17,19)(H,18,20). The SMILES string of the molecule is CCCCCCCCCCCCNC(=O)C(=O)NCC. The van der Waals surface area contributed by atoms with Crippen molar-refractivity contribution in [2.75, 3.05) is 13.1 Å². The molecule has 20 heavy (non-hydrogen) atoms. The third-order valence-corrected chi connectivity index (χ3v) is 3.36. The number of carbonyl (C=O) groups excluding carboxylic acids is 2. The molecule has 0 atom stereocenters. The normalized spacial score (nSPS) is 10.3. The van der Waals surface area contributed by atoms with Gasteiger partial charge in [-0.05, 0) is 13.3 Å². The van der Waals surface area contributed by atoms with Gasteiger partial charge in [0.2, 0.25) is 0 Å². The molecule has 0 aromatic rings. The van der Waals surface area contributed by atoms with Crippen LogP contribution in [0, 0.1) is 0 Å². The maximum atomic E-state index is 11.3. The molecule has 0 saturated carbocycles. The summed E-state index contributed by atoms with van der Waals surface area (Å²) in [6.07, 6.45) is 12.7. The fourth-order valence-electron chi connectivity index (χ4n) is 2.14. The molecule has 0 spiro atoms. The molecule has 0 radical (unpaired) electrons. The molecule has 0 aromatic heterocycles. The minimum absolute atomic E-state index is 0.491. The van der Waals surface area contributed by atoms with E-state index in [1.54, 1.807) is 6.92 Å². The zero-order valence-electron chi connectivity index (χ0n) is 13.3. The van der Waals surface area contributed by atoms with Crippen molar-refractivity contribution in [3.63, 3.8) is 0 Å². The Morgan fingerprint density at radius 2 is 1.10 bits per heavy atom. The van der Waals surface area contributed by atoms with Crippen molar-refractivity contribution in [1.29, 1.82) is 0 Å². The molecule has 0 bridgehead atoms. The van der Waals surface area contributed by atoms with E-state index < -0.39 is 11.8 Å². The Morgan fingerprint density at radius 1 is 0.650 bits per heavy atom. The quantitative estimate of drug-likeness (QED) is 0.427. The van der Waals surface area contributed by atoms with Crippen LogP contribution in [0.1, 0.15) is 78.1 Å². The molecule has 118 valence electrons. The fourth-order valence-corrected chi connectivity index (χ4v) is 2.14. The van der Waals surface area contributed by atoms with E-state index in [0.717, 1.165) is 12.8 Å². The summed E-state index contributed by atoms with van der Waals surface area (Å²) >= 11 is 0. The van der Waals surface area contributed by atoms with Gasteiger partial charge in [-0.1, -0.05) is 64.7 Å². The van der Waals surface area contributed by atoms with Crippen LogP contribution in [0.5, 0.6) is 0 Å². The van der Waals surface area contributed by atoms with Gasteiger partial charge in [0, 0.05) is 13.1 Å². The predicted octanol–water partition coefficient (Wildman–Crippen LogP) is 3.16. The Labute approximate surface area is 124 Å². The summed E-state index contributed by atoms with van der Waals surface area (Å²) in [7, 11) is 0. The molecule has 0 aliphatic rings. The third kappa shape index (κ3) is 12.0. The van der Waals surface area contributed by atoms with Gasteiger partial charge in [-0.15, -0.1) is 0 Å². The van der Waals surface area contributed by atoms with E-state index in [0.29, 0.717) is 13.1 Å². The Kier molecular flexibility index (Phi) is 13.6. The summed E-state index contributed by atoms with van der Waals surface area (Å²) < 4.78 is 0. The number of amides is 2. The smallest absolute Gasteiger partial charge is 0.309 e. The van der Waals surface area contributed by atoms with Crippen LogP contribution in [-0.4, -0.2) is 24.9 Å². The summed E-state index contributed by atoms with van der Waals surface area (Å²) in [5, 5.41) is 5.13. The van der Waals surface area contributed by atoms with Crippen molar-refractivity contribution in [2.45, 2.75) is 78.1 Å². The Hall–Kier alpha value is -1.06. The number of carbonyl (C=O) groups is 2. The number of unbranched alkanes of at least 4 members (excludes halogenated alkanes) is 9. The first kappa shape index (κ1) is 18.9.